The van der Waals surface area contributed by atoms with Crippen LogP contribution in [-0.2, 0) is 10.0 Å². The van der Waals surface area contributed by atoms with Gasteiger partial charge >= 0.3 is 0 Å². The molecule has 0 fully saturated rings. The second-order valence-corrected chi connectivity index (χ2v) is 5.55. The Morgan fingerprint density at radius 2 is 1.76 bits per heavy atom. The van der Waals surface area contributed by atoms with Crippen LogP contribution in [0.1, 0.15) is 0 Å². The molecule has 0 saturated carbocycles. The van der Waals surface area contributed by atoms with Crippen molar-refractivity contribution >= 4 is 26.5 Å². The summed E-state index contributed by atoms with van der Waals surface area (Å²) in [6, 6.07) is 13.0. The van der Waals surface area contributed by atoms with Gasteiger partial charge in [0, 0.05) is 5.69 Å². The normalized spacial score (nSPS) is 11.6. The molecule has 2 aromatic rings. The number of nitrogens with one attached hydrogen (secondary N) is 1. The lowest BCUT2D eigenvalue weighted by atomic mass is 10.1. The predicted molar refractivity (Wildman–Crippen MR) is 68.4 cm³/mol. The van der Waals surface area contributed by atoms with Crippen LogP contribution in [0.2, 0.25) is 0 Å². The molecule has 0 aliphatic rings. The molecule has 0 aliphatic carbocycles. The Bertz CT molecular complexity index is 622. The van der Waals surface area contributed by atoms with Crippen molar-refractivity contribution in [1.82, 2.24) is 0 Å². The number of rotatable bonds is 4. The molecule has 17 heavy (non-hydrogen) atoms. The average Bonchev–Trinajstić information content (AvgIpc) is 2.28. The van der Waals surface area contributed by atoms with Crippen molar-refractivity contribution in [1.29, 1.82) is 0 Å². The van der Waals surface area contributed by atoms with Gasteiger partial charge < -0.3 is 5.11 Å². The van der Waals surface area contributed by atoms with Gasteiger partial charge in [-0.15, -0.1) is 0 Å². The summed E-state index contributed by atoms with van der Waals surface area (Å²) in [6.07, 6.45) is 0. The van der Waals surface area contributed by atoms with Gasteiger partial charge in [0.25, 0.3) is 0 Å². The van der Waals surface area contributed by atoms with Gasteiger partial charge in [-0.05, 0) is 22.9 Å². The van der Waals surface area contributed by atoms with E-state index in [4.69, 9.17) is 5.11 Å². The van der Waals surface area contributed by atoms with Crippen molar-refractivity contribution in [2.75, 3.05) is 17.1 Å². The molecule has 0 atom stereocenters. The van der Waals surface area contributed by atoms with Gasteiger partial charge in [-0.1, -0.05) is 30.3 Å². The zero-order valence-corrected chi connectivity index (χ0v) is 9.94. The number of sulfonamides is 1. The summed E-state index contributed by atoms with van der Waals surface area (Å²) in [5.41, 5.74) is 0.511. The molecule has 0 spiro atoms. The summed E-state index contributed by atoms with van der Waals surface area (Å²) >= 11 is 0. The van der Waals surface area contributed by atoms with Gasteiger partial charge in [-0.2, -0.15) is 0 Å². The van der Waals surface area contributed by atoms with Crippen molar-refractivity contribution in [2.24, 2.45) is 0 Å². The lowest BCUT2D eigenvalue weighted by molar-refractivity contribution is 0.320. The zero-order chi connectivity index (χ0) is 12.3. The number of aliphatic hydroxyl groups is 1. The Hall–Kier alpha value is -1.59. The molecule has 0 saturated heterocycles. The summed E-state index contributed by atoms with van der Waals surface area (Å²) < 4.78 is 25.4. The smallest absolute Gasteiger partial charge is 0.234 e. The van der Waals surface area contributed by atoms with Crippen molar-refractivity contribution in [3.8, 4) is 0 Å². The monoisotopic (exact) mass is 251 g/mol. The van der Waals surface area contributed by atoms with Crippen LogP contribution in [0.25, 0.3) is 10.8 Å². The number of aliphatic hydroxyl groups excluding tert-OH is 1. The molecular weight excluding hydrogens is 238 g/mol. The first-order chi connectivity index (χ1) is 8.11. The Morgan fingerprint density at radius 1 is 1.06 bits per heavy atom. The van der Waals surface area contributed by atoms with Gasteiger partial charge in [0.05, 0.1) is 12.4 Å². The fraction of sp³-hybridized carbons (Fsp3) is 0.167. The first-order valence-electron chi connectivity index (χ1n) is 5.21. The lowest BCUT2D eigenvalue weighted by Crippen LogP contribution is -2.18. The minimum Gasteiger partial charge on any atom is -0.395 e. The van der Waals surface area contributed by atoms with Crippen LogP contribution in [-0.4, -0.2) is 25.9 Å². The maximum absolute atomic E-state index is 11.5. The Morgan fingerprint density at radius 3 is 2.47 bits per heavy atom. The molecule has 0 aliphatic heterocycles. The van der Waals surface area contributed by atoms with E-state index in [0.717, 1.165) is 10.8 Å². The Labute approximate surface area is 99.9 Å². The predicted octanol–water partition coefficient (Wildman–Crippen LogP) is 1.57. The van der Waals surface area contributed by atoms with Gasteiger partial charge in [0.15, 0.2) is 0 Å². The molecule has 5 heteroatoms. The largest absolute Gasteiger partial charge is 0.395 e. The second-order valence-electron chi connectivity index (χ2n) is 3.71. The van der Waals surface area contributed by atoms with Crippen molar-refractivity contribution in [3.63, 3.8) is 0 Å². The summed E-state index contributed by atoms with van der Waals surface area (Å²) in [4.78, 5) is 0. The highest BCUT2D eigenvalue weighted by molar-refractivity contribution is 7.92. The molecule has 4 nitrogen and oxygen atoms in total. The highest BCUT2D eigenvalue weighted by Crippen LogP contribution is 2.19. The van der Waals surface area contributed by atoms with Crippen LogP contribution >= 0.6 is 0 Å². The highest BCUT2D eigenvalue weighted by atomic mass is 32.2. The van der Waals surface area contributed by atoms with Crippen molar-refractivity contribution in [2.45, 2.75) is 0 Å². The third-order valence-corrected chi connectivity index (χ3v) is 3.65. The molecule has 90 valence electrons. The SMILES string of the molecule is O=S(=O)(CCO)Nc1ccc2ccccc2c1. The van der Waals surface area contributed by atoms with Crippen LogP contribution < -0.4 is 4.72 Å². The number of hydrogen-bond donors (Lipinski definition) is 2. The minimum atomic E-state index is -3.45. The quantitative estimate of drug-likeness (QED) is 0.867. The Balaban J connectivity index is 2.31. The first-order valence-corrected chi connectivity index (χ1v) is 6.86. The number of fused-ring (bicyclic) bond motifs is 1. The third-order valence-electron chi connectivity index (χ3n) is 2.38. The average molecular weight is 251 g/mol. The molecule has 0 amide bonds. The van der Waals surface area contributed by atoms with Gasteiger partial charge in [-0.25, -0.2) is 8.42 Å². The lowest BCUT2D eigenvalue weighted by Gasteiger charge is -2.07. The van der Waals surface area contributed by atoms with E-state index in [1.54, 1.807) is 12.1 Å². The molecule has 2 rings (SSSR count). The molecule has 2 N–H and O–H groups in total. The van der Waals surface area contributed by atoms with E-state index in [2.05, 4.69) is 4.72 Å². The summed E-state index contributed by atoms with van der Waals surface area (Å²) in [7, 11) is -3.45. The molecular formula is C12H13NO3S. The van der Waals surface area contributed by atoms with E-state index in [-0.39, 0.29) is 12.4 Å². The second kappa shape index (κ2) is 4.73. The summed E-state index contributed by atoms with van der Waals surface area (Å²) in [6.45, 7) is -0.386. The van der Waals surface area contributed by atoms with E-state index in [1.165, 1.54) is 0 Å². The maximum atomic E-state index is 11.5. The topological polar surface area (TPSA) is 66.4 Å². The minimum absolute atomic E-state index is 0.292. The van der Waals surface area contributed by atoms with Gasteiger partial charge in [0.2, 0.25) is 10.0 Å². The van der Waals surface area contributed by atoms with E-state index >= 15 is 0 Å². The van der Waals surface area contributed by atoms with E-state index in [9.17, 15) is 8.42 Å². The van der Waals surface area contributed by atoms with E-state index in [1.807, 2.05) is 30.3 Å². The van der Waals surface area contributed by atoms with Crippen molar-refractivity contribution < 1.29 is 13.5 Å². The Kier molecular flexibility index (Phi) is 3.31. The summed E-state index contributed by atoms with van der Waals surface area (Å²) in [5.74, 6) is -0.292. The van der Waals surface area contributed by atoms with Crippen molar-refractivity contribution in [3.05, 3.63) is 42.5 Å². The van der Waals surface area contributed by atoms with Crippen LogP contribution in [0.15, 0.2) is 42.5 Å². The number of hydrogen-bond acceptors (Lipinski definition) is 3. The zero-order valence-electron chi connectivity index (χ0n) is 9.13. The van der Waals surface area contributed by atoms with Crippen LogP contribution in [0, 0.1) is 0 Å². The molecule has 2 aromatic carbocycles. The first kappa shape index (κ1) is 11.9. The molecule has 0 aromatic heterocycles. The standard InChI is InChI=1S/C12H13NO3S/c14-7-8-17(15,16)13-12-6-5-10-3-1-2-4-11(10)9-12/h1-6,9,13-14H,7-8H2. The fourth-order valence-corrected chi connectivity index (χ4v) is 2.43. The van der Waals surface area contributed by atoms with Gasteiger partial charge in [0.1, 0.15) is 0 Å². The maximum Gasteiger partial charge on any atom is 0.234 e. The van der Waals surface area contributed by atoms with Gasteiger partial charge in [-0.3, -0.25) is 4.72 Å². The van der Waals surface area contributed by atoms with Crippen LogP contribution in [0.3, 0.4) is 0 Å². The molecule has 0 unspecified atom stereocenters. The van der Waals surface area contributed by atoms with Crippen LogP contribution in [0.5, 0.6) is 0 Å². The highest BCUT2D eigenvalue weighted by Gasteiger charge is 2.09. The number of benzene rings is 2. The van der Waals surface area contributed by atoms with E-state index in [0.29, 0.717) is 5.69 Å². The fourth-order valence-electron chi connectivity index (χ4n) is 1.60. The summed E-state index contributed by atoms with van der Waals surface area (Å²) in [5, 5.41) is 10.7. The van der Waals surface area contributed by atoms with E-state index < -0.39 is 10.0 Å². The molecule has 0 bridgehead atoms. The third kappa shape index (κ3) is 2.95. The number of anilines is 1. The molecule has 0 heterocycles. The van der Waals surface area contributed by atoms with Crippen LogP contribution in [0.4, 0.5) is 5.69 Å². The molecule has 0 radical (unpaired) electrons.